The summed E-state index contributed by atoms with van der Waals surface area (Å²) in [6.45, 7) is 4.62. The summed E-state index contributed by atoms with van der Waals surface area (Å²) in [5.41, 5.74) is 0.731. The Morgan fingerprint density at radius 2 is 1.69 bits per heavy atom. The van der Waals surface area contributed by atoms with Gasteiger partial charge in [-0.25, -0.2) is 0 Å². The SMILES string of the molecule is CC1CC(N(C)C(=O)C2CCN(C(=O)c3ccccc3)CC2)CCN1C. The van der Waals surface area contributed by atoms with Crippen molar-refractivity contribution in [2.45, 2.75) is 44.7 Å². The van der Waals surface area contributed by atoms with Crippen LogP contribution in [0.1, 0.15) is 43.0 Å². The smallest absolute Gasteiger partial charge is 0.253 e. The van der Waals surface area contributed by atoms with E-state index in [-0.39, 0.29) is 17.7 Å². The second-order valence-electron chi connectivity index (χ2n) is 7.89. The zero-order valence-corrected chi connectivity index (χ0v) is 16.2. The van der Waals surface area contributed by atoms with Gasteiger partial charge in [-0.05, 0) is 51.8 Å². The highest BCUT2D eigenvalue weighted by atomic mass is 16.2. The predicted molar refractivity (Wildman–Crippen MR) is 103 cm³/mol. The van der Waals surface area contributed by atoms with Crippen molar-refractivity contribution in [3.8, 4) is 0 Å². The number of rotatable bonds is 3. The Kier molecular flexibility index (Phi) is 5.97. The molecule has 5 nitrogen and oxygen atoms in total. The maximum atomic E-state index is 12.9. The molecule has 2 aliphatic rings. The molecule has 3 rings (SSSR count). The Balaban J connectivity index is 1.52. The summed E-state index contributed by atoms with van der Waals surface area (Å²) in [6.07, 6.45) is 3.63. The summed E-state index contributed by atoms with van der Waals surface area (Å²) < 4.78 is 0. The first-order chi connectivity index (χ1) is 12.5. The van der Waals surface area contributed by atoms with Crippen molar-refractivity contribution in [1.82, 2.24) is 14.7 Å². The third-order valence-corrected chi connectivity index (χ3v) is 6.23. The first kappa shape index (κ1) is 18.9. The summed E-state index contributed by atoms with van der Waals surface area (Å²) in [6, 6.07) is 10.3. The molecule has 0 bridgehead atoms. The molecule has 0 N–H and O–H groups in total. The topological polar surface area (TPSA) is 43.9 Å². The summed E-state index contributed by atoms with van der Waals surface area (Å²) in [5.74, 6) is 0.391. The number of hydrogen-bond donors (Lipinski definition) is 0. The molecule has 0 spiro atoms. The van der Waals surface area contributed by atoms with Crippen LogP contribution in [0.5, 0.6) is 0 Å². The van der Waals surface area contributed by atoms with E-state index in [0.717, 1.165) is 37.8 Å². The molecule has 0 saturated carbocycles. The van der Waals surface area contributed by atoms with E-state index in [0.29, 0.717) is 25.2 Å². The number of hydrogen-bond acceptors (Lipinski definition) is 3. The summed E-state index contributed by atoms with van der Waals surface area (Å²) in [5, 5.41) is 0. The van der Waals surface area contributed by atoms with E-state index < -0.39 is 0 Å². The van der Waals surface area contributed by atoms with Crippen molar-refractivity contribution in [2.75, 3.05) is 33.7 Å². The molecule has 2 amide bonds. The number of carbonyl (C=O) groups is 2. The third-order valence-electron chi connectivity index (χ3n) is 6.23. The second-order valence-corrected chi connectivity index (χ2v) is 7.89. The maximum Gasteiger partial charge on any atom is 0.253 e. The van der Waals surface area contributed by atoms with E-state index in [1.54, 1.807) is 0 Å². The van der Waals surface area contributed by atoms with Gasteiger partial charge in [-0.2, -0.15) is 0 Å². The lowest BCUT2D eigenvalue weighted by Crippen LogP contribution is -2.50. The number of nitrogens with zero attached hydrogens (tertiary/aromatic N) is 3. The average molecular weight is 357 g/mol. The lowest BCUT2D eigenvalue weighted by Gasteiger charge is -2.41. The molecular formula is C21H31N3O2. The molecule has 0 radical (unpaired) electrons. The Morgan fingerprint density at radius 3 is 2.31 bits per heavy atom. The Labute approximate surface area is 156 Å². The molecule has 2 heterocycles. The van der Waals surface area contributed by atoms with Gasteiger partial charge >= 0.3 is 0 Å². The van der Waals surface area contributed by atoms with Gasteiger partial charge in [0.25, 0.3) is 5.91 Å². The lowest BCUT2D eigenvalue weighted by atomic mass is 9.92. The highest BCUT2D eigenvalue weighted by Gasteiger charge is 2.33. The van der Waals surface area contributed by atoms with Gasteiger partial charge in [0.1, 0.15) is 0 Å². The van der Waals surface area contributed by atoms with Crippen molar-refractivity contribution >= 4 is 11.8 Å². The molecule has 1 aromatic rings. The van der Waals surface area contributed by atoms with Gasteiger partial charge in [-0.3, -0.25) is 9.59 Å². The fourth-order valence-corrected chi connectivity index (χ4v) is 4.18. The molecular weight excluding hydrogens is 326 g/mol. The monoisotopic (exact) mass is 357 g/mol. The van der Waals surface area contributed by atoms with Gasteiger partial charge < -0.3 is 14.7 Å². The molecule has 2 aliphatic heterocycles. The van der Waals surface area contributed by atoms with Gasteiger partial charge in [-0.15, -0.1) is 0 Å². The van der Waals surface area contributed by atoms with Gasteiger partial charge in [-0.1, -0.05) is 18.2 Å². The highest BCUT2D eigenvalue weighted by Crippen LogP contribution is 2.25. The fraction of sp³-hybridized carbons (Fsp3) is 0.619. The number of piperidine rings is 2. The minimum absolute atomic E-state index is 0.0507. The minimum atomic E-state index is 0.0507. The van der Waals surface area contributed by atoms with Crippen molar-refractivity contribution < 1.29 is 9.59 Å². The molecule has 2 fully saturated rings. The first-order valence-electron chi connectivity index (χ1n) is 9.78. The lowest BCUT2D eigenvalue weighted by molar-refractivity contribution is -0.138. The van der Waals surface area contributed by atoms with E-state index in [1.165, 1.54) is 0 Å². The molecule has 2 atom stereocenters. The molecule has 0 aliphatic carbocycles. The van der Waals surface area contributed by atoms with Crippen molar-refractivity contribution in [1.29, 1.82) is 0 Å². The van der Waals surface area contributed by atoms with Crippen molar-refractivity contribution in [2.24, 2.45) is 5.92 Å². The van der Waals surface area contributed by atoms with Crippen LogP contribution in [-0.4, -0.2) is 72.3 Å². The normalized spacial score (nSPS) is 25.1. The highest BCUT2D eigenvalue weighted by molar-refractivity contribution is 5.94. The molecule has 2 unspecified atom stereocenters. The average Bonchev–Trinajstić information content (AvgIpc) is 2.69. The first-order valence-corrected chi connectivity index (χ1v) is 9.78. The zero-order valence-electron chi connectivity index (χ0n) is 16.2. The third kappa shape index (κ3) is 4.09. The molecule has 1 aromatic carbocycles. The minimum Gasteiger partial charge on any atom is -0.342 e. The standard InChI is InChI=1S/C21H31N3O2/c1-16-15-19(11-12-22(16)2)23(3)20(25)18-9-13-24(14-10-18)21(26)17-7-5-4-6-8-17/h4-8,16,18-19H,9-15H2,1-3H3. The van der Waals surface area contributed by atoms with E-state index in [4.69, 9.17) is 0 Å². The van der Waals surface area contributed by atoms with Crippen LogP contribution < -0.4 is 0 Å². The van der Waals surface area contributed by atoms with Crippen LogP contribution in [0.15, 0.2) is 30.3 Å². The van der Waals surface area contributed by atoms with Crippen molar-refractivity contribution in [3.63, 3.8) is 0 Å². The van der Waals surface area contributed by atoms with Crippen LogP contribution in [0.3, 0.4) is 0 Å². The van der Waals surface area contributed by atoms with Crippen LogP contribution >= 0.6 is 0 Å². The Hall–Kier alpha value is -1.88. The van der Waals surface area contributed by atoms with Gasteiger partial charge in [0.2, 0.25) is 5.91 Å². The van der Waals surface area contributed by atoms with E-state index >= 15 is 0 Å². The zero-order chi connectivity index (χ0) is 18.7. The Bertz CT molecular complexity index is 625. The molecule has 142 valence electrons. The summed E-state index contributed by atoms with van der Waals surface area (Å²) >= 11 is 0. The molecule has 5 heteroatoms. The summed E-state index contributed by atoms with van der Waals surface area (Å²) in [4.78, 5) is 31.7. The van der Waals surface area contributed by atoms with Crippen LogP contribution in [0.4, 0.5) is 0 Å². The molecule has 2 saturated heterocycles. The second kappa shape index (κ2) is 8.21. The van der Waals surface area contributed by atoms with Crippen LogP contribution in [-0.2, 0) is 4.79 Å². The number of benzene rings is 1. The quantitative estimate of drug-likeness (QED) is 0.835. The van der Waals surface area contributed by atoms with Gasteiger partial charge in [0.15, 0.2) is 0 Å². The number of amides is 2. The van der Waals surface area contributed by atoms with Gasteiger partial charge in [0.05, 0.1) is 0 Å². The van der Waals surface area contributed by atoms with Crippen LogP contribution in [0.2, 0.25) is 0 Å². The van der Waals surface area contributed by atoms with Crippen LogP contribution in [0.25, 0.3) is 0 Å². The number of carbonyl (C=O) groups excluding carboxylic acids is 2. The Morgan fingerprint density at radius 1 is 1.04 bits per heavy atom. The van der Waals surface area contributed by atoms with E-state index in [2.05, 4.69) is 18.9 Å². The van der Waals surface area contributed by atoms with E-state index in [1.807, 2.05) is 47.2 Å². The fourth-order valence-electron chi connectivity index (χ4n) is 4.18. The van der Waals surface area contributed by atoms with Crippen molar-refractivity contribution in [3.05, 3.63) is 35.9 Å². The maximum absolute atomic E-state index is 12.9. The number of likely N-dealkylation sites (tertiary alicyclic amines) is 2. The van der Waals surface area contributed by atoms with Gasteiger partial charge in [0, 0.05) is 50.2 Å². The predicted octanol–water partition coefficient (Wildman–Crippen LogP) is 2.48. The largest absolute Gasteiger partial charge is 0.342 e. The molecule has 0 aromatic heterocycles. The summed E-state index contributed by atoms with van der Waals surface area (Å²) in [7, 11) is 4.12. The van der Waals surface area contributed by atoms with E-state index in [9.17, 15) is 9.59 Å². The van der Waals surface area contributed by atoms with Crippen LogP contribution in [0, 0.1) is 5.92 Å². The molecule has 26 heavy (non-hydrogen) atoms.